The molecule has 1 N–H and O–H groups in total. The molecule has 0 spiro atoms. The van der Waals surface area contributed by atoms with E-state index >= 15 is 0 Å². The van der Waals surface area contributed by atoms with Crippen LogP contribution in [0.4, 0.5) is 0 Å². The molecule has 0 bridgehead atoms. The van der Waals surface area contributed by atoms with Gasteiger partial charge in [-0.1, -0.05) is 0 Å². The van der Waals surface area contributed by atoms with Crippen LogP contribution in [0.25, 0.3) is 0 Å². The summed E-state index contributed by atoms with van der Waals surface area (Å²) in [6.45, 7) is 6.24. The second-order valence-corrected chi connectivity index (χ2v) is 5.53. The number of carbonyl (C=O) groups excluding carboxylic acids is 1. The highest BCUT2D eigenvalue weighted by Crippen LogP contribution is 2.18. The van der Waals surface area contributed by atoms with E-state index < -0.39 is 0 Å². The van der Waals surface area contributed by atoms with Gasteiger partial charge in [-0.05, 0) is 32.8 Å². The van der Waals surface area contributed by atoms with Gasteiger partial charge in [0.2, 0.25) is 0 Å². The van der Waals surface area contributed by atoms with Crippen LogP contribution in [0.3, 0.4) is 0 Å². The monoisotopic (exact) mass is 319 g/mol. The second kappa shape index (κ2) is 8.45. The zero-order valence-electron chi connectivity index (χ0n) is 14.1. The third-order valence-electron chi connectivity index (χ3n) is 3.81. The Morgan fingerprint density at radius 3 is 3.09 bits per heavy atom. The lowest BCUT2D eigenvalue weighted by atomic mass is 9.98. The standard InChI is InChI=1S/C16H25N5O2/c1-4-23-15(22)13-6-5-9-21(11-13)16(17-3)19-10-14-7-8-18-12(2)20-14/h7-8,13H,4-6,9-11H2,1-3H3,(H,17,19). The van der Waals surface area contributed by atoms with Crippen molar-refractivity contribution in [3.63, 3.8) is 0 Å². The molecule has 1 atom stereocenters. The fourth-order valence-corrected chi connectivity index (χ4v) is 2.73. The first-order chi connectivity index (χ1) is 11.1. The summed E-state index contributed by atoms with van der Waals surface area (Å²) in [7, 11) is 1.75. The molecule has 1 aromatic rings. The number of nitrogens with zero attached hydrogens (tertiary/aromatic N) is 4. The Morgan fingerprint density at radius 2 is 2.39 bits per heavy atom. The predicted molar refractivity (Wildman–Crippen MR) is 87.9 cm³/mol. The Hall–Kier alpha value is -2.18. The smallest absolute Gasteiger partial charge is 0.310 e. The van der Waals surface area contributed by atoms with Crippen molar-refractivity contribution in [2.24, 2.45) is 10.9 Å². The molecular formula is C16H25N5O2. The number of rotatable bonds is 4. The minimum Gasteiger partial charge on any atom is -0.466 e. The highest BCUT2D eigenvalue weighted by atomic mass is 16.5. The summed E-state index contributed by atoms with van der Waals surface area (Å²) in [5.74, 6) is 1.34. The summed E-state index contributed by atoms with van der Waals surface area (Å²) < 4.78 is 5.14. The predicted octanol–water partition coefficient (Wildman–Crippen LogP) is 1.14. The number of ether oxygens (including phenoxy) is 1. The van der Waals surface area contributed by atoms with Crippen LogP contribution in [0.1, 0.15) is 31.3 Å². The van der Waals surface area contributed by atoms with E-state index in [0.29, 0.717) is 19.7 Å². The molecule has 7 heteroatoms. The molecule has 0 aliphatic carbocycles. The molecule has 1 aliphatic heterocycles. The molecule has 2 rings (SSSR count). The van der Waals surface area contributed by atoms with E-state index in [1.807, 2.05) is 19.9 Å². The van der Waals surface area contributed by atoms with Gasteiger partial charge in [0.1, 0.15) is 5.82 Å². The minimum atomic E-state index is -0.112. The van der Waals surface area contributed by atoms with Gasteiger partial charge >= 0.3 is 5.97 Å². The van der Waals surface area contributed by atoms with Gasteiger partial charge in [0, 0.05) is 26.3 Å². The number of nitrogens with one attached hydrogen (secondary N) is 1. The number of aliphatic imine (C=N–C) groups is 1. The Morgan fingerprint density at radius 1 is 1.57 bits per heavy atom. The van der Waals surface area contributed by atoms with Crippen LogP contribution in [-0.2, 0) is 16.1 Å². The van der Waals surface area contributed by atoms with E-state index in [-0.39, 0.29) is 11.9 Å². The summed E-state index contributed by atoms with van der Waals surface area (Å²) in [6, 6.07) is 1.88. The van der Waals surface area contributed by atoms with Crippen LogP contribution in [0, 0.1) is 12.8 Å². The summed E-state index contributed by atoms with van der Waals surface area (Å²) >= 11 is 0. The molecule has 1 unspecified atom stereocenters. The summed E-state index contributed by atoms with van der Waals surface area (Å²) in [5, 5.41) is 3.31. The van der Waals surface area contributed by atoms with Crippen molar-refractivity contribution in [2.45, 2.75) is 33.2 Å². The van der Waals surface area contributed by atoms with Gasteiger partial charge in [-0.2, -0.15) is 0 Å². The third kappa shape index (κ3) is 4.91. The van der Waals surface area contributed by atoms with Gasteiger partial charge in [0.05, 0.1) is 24.8 Å². The van der Waals surface area contributed by atoms with E-state index in [0.717, 1.165) is 36.9 Å². The van der Waals surface area contributed by atoms with Crippen molar-refractivity contribution in [2.75, 3.05) is 26.7 Å². The van der Waals surface area contributed by atoms with Crippen molar-refractivity contribution in [3.05, 3.63) is 23.8 Å². The normalized spacial score (nSPS) is 18.7. The second-order valence-electron chi connectivity index (χ2n) is 5.53. The molecule has 0 saturated carbocycles. The maximum absolute atomic E-state index is 11.9. The number of carbonyl (C=O) groups is 1. The number of hydrogen-bond acceptors (Lipinski definition) is 5. The van der Waals surface area contributed by atoms with Crippen LogP contribution in [0.5, 0.6) is 0 Å². The van der Waals surface area contributed by atoms with Crippen molar-refractivity contribution in [1.82, 2.24) is 20.2 Å². The highest BCUT2D eigenvalue weighted by Gasteiger charge is 2.28. The number of piperidine rings is 1. The molecule has 0 radical (unpaired) electrons. The van der Waals surface area contributed by atoms with Gasteiger partial charge in [0.15, 0.2) is 5.96 Å². The minimum absolute atomic E-state index is 0.0801. The van der Waals surface area contributed by atoms with Crippen molar-refractivity contribution in [3.8, 4) is 0 Å². The lowest BCUT2D eigenvalue weighted by molar-refractivity contribution is -0.149. The fraction of sp³-hybridized carbons (Fsp3) is 0.625. The number of esters is 1. The zero-order chi connectivity index (χ0) is 16.7. The molecule has 7 nitrogen and oxygen atoms in total. The Bertz CT molecular complexity index is 561. The molecule has 0 aromatic carbocycles. The van der Waals surface area contributed by atoms with E-state index in [9.17, 15) is 4.79 Å². The van der Waals surface area contributed by atoms with E-state index in [1.165, 1.54) is 0 Å². The Balaban J connectivity index is 1.93. The molecule has 1 fully saturated rings. The molecule has 1 aliphatic rings. The highest BCUT2D eigenvalue weighted by molar-refractivity contribution is 5.81. The van der Waals surface area contributed by atoms with Crippen molar-refractivity contribution in [1.29, 1.82) is 0 Å². The first kappa shape index (κ1) is 17.2. The van der Waals surface area contributed by atoms with Crippen LogP contribution in [0.2, 0.25) is 0 Å². The number of hydrogen-bond donors (Lipinski definition) is 1. The molecule has 126 valence electrons. The molecule has 1 saturated heterocycles. The first-order valence-corrected chi connectivity index (χ1v) is 8.04. The topological polar surface area (TPSA) is 79.7 Å². The van der Waals surface area contributed by atoms with Gasteiger partial charge in [-0.3, -0.25) is 9.79 Å². The molecule has 23 heavy (non-hydrogen) atoms. The SMILES string of the molecule is CCOC(=O)C1CCCN(C(=NC)NCc2ccnc(C)n2)C1. The first-order valence-electron chi connectivity index (χ1n) is 8.04. The number of aryl methyl sites for hydroxylation is 1. The maximum Gasteiger partial charge on any atom is 0.310 e. The average molecular weight is 319 g/mol. The lowest BCUT2D eigenvalue weighted by Gasteiger charge is -2.33. The maximum atomic E-state index is 11.9. The quantitative estimate of drug-likeness (QED) is 0.509. The van der Waals surface area contributed by atoms with Crippen LogP contribution < -0.4 is 5.32 Å². The Kier molecular flexibility index (Phi) is 6.31. The largest absolute Gasteiger partial charge is 0.466 e. The van der Waals surface area contributed by atoms with E-state index in [4.69, 9.17) is 4.74 Å². The molecule has 1 aromatic heterocycles. The summed E-state index contributed by atoms with van der Waals surface area (Å²) in [4.78, 5) is 26.8. The lowest BCUT2D eigenvalue weighted by Crippen LogP contribution is -2.48. The zero-order valence-corrected chi connectivity index (χ0v) is 14.1. The van der Waals surface area contributed by atoms with Gasteiger partial charge in [-0.25, -0.2) is 9.97 Å². The van der Waals surface area contributed by atoms with Crippen molar-refractivity contribution >= 4 is 11.9 Å². The van der Waals surface area contributed by atoms with Crippen molar-refractivity contribution < 1.29 is 9.53 Å². The average Bonchev–Trinajstić information content (AvgIpc) is 2.56. The van der Waals surface area contributed by atoms with Crippen LogP contribution >= 0.6 is 0 Å². The van der Waals surface area contributed by atoms with Crippen LogP contribution in [0.15, 0.2) is 17.3 Å². The third-order valence-corrected chi connectivity index (χ3v) is 3.81. The Labute approximate surface area is 137 Å². The molecule has 0 amide bonds. The van der Waals surface area contributed by atoms with E-state index in [1.54, 1.807) is 13.2 Å². The van der Waals surface area contributed by atoms with Gasteiger partial charge in [0.25, 0.3) is 0 Å². The summed E-state index contributed by atoms with van der Waals surface area (Å²) in [5.41, 5.74) is 0.914. The van der Waals surface area contributed by atoms with Crippen LogP contribution in [-0.4, -0.2) is 53.5 Å². The van der Waals surface area contributed by atoms with E-state index in [2.05, 4.69) is 25.2 Å². The summed E-state index contributed by atoms with van der Waals surface area (Å²) in [6.07, 6.45) is 3.58. The number of likely N-dealkylation sites (tertiary alicyclic amines) is 1. The number of guanidine groups is 1. The van der Waals surface area contributed by atoms with Gasteiger partial charge in [-0.15, -0.1) is 0 Å². The fourth-order valence-electron chi connectivity index (χ4n) is 2.73. The molecule has 2 heterocycles. The van der Waals surface area contributed by atoms with Gasteiger partial charge < -0.3 is 15.0 Å². The molecular weight excluding hydrogens is 294 g/mol. The number of aromatic nitrogens is 2.